The first-order valence-electron chi connectivity index (χ1n) is 19.1. The van der Waals surface area contributed by atoms with E-state index in [2.05, 4.69) is 17.0 Å². The fourth-order valence-electron chi connectivity index (χ4n) is 6.53. The molecule has 302 valence electrons. The van der Waals surface area contributed by atoms with Gasteiger partial charge in [-0.05, 0) is 42.3 Å². The van der Waals surface area contributed by atoms with Crippen molar-refractivity contribution in [1.82, 2.24) is 14.6 Å². The molecule has 1 aliphatic rings. The number of hydrogen-bond donors (Lipinski definition) is 4. The predicted molar refractivity (Wildman–Crippen MR) is 200 cm³/mol. The Morgan fingerprint density at radius 1 is 1.00 bits per heavy atom. The number of phosphoric acid groups is 1. The van der Waals surface area contributed by atoms with Gasteiger partial charge in [0.2, 0.25) is 5.60 Å². The summed E-state index contributed by atoms with van der Waals surface area (Å²) in [5.41, 5.74) is 4.63. The van der Waals surface area contributed by atoms with Crippen LogP contribution in [-0.4, -0.2) is 80.5 Å². The molecular weight excluding hydrogens is 734 g/mol. The van der Waals surface area contributed by atoms with Crippen molar-refractivity contribution in [3.63, 3.8) is 0 Å². The Kier molecular flexibility index (Phi) is 17.9. The van der Waals surface area contributed by atoms with Crippen LogP contribution in [0.5, 0.6) is 0 Å². The van der Waals surface area contributed by atoms with Crippen molar-refractivity contribution in [3.05, 3.63) is 59.3 Å². The summed E-state index contributed by atoms with van der Waals surface area (Å²) in [5.74, 6) is -0.502. The van der Waals surface area contributed by atoms with E-state index in [0.717, 1.165) is 31.7 Å². The molecule has 3 aromatic rings. The molecule has 1 saturated heterocycles. The number of unbranched alkanes of at least 4 members (excludes halogenated alkanes) is 12. The number of nitrogens with two attached hydrogens (primary N) is 1. The molecule has 15 nitrogen and oxygen atoms in total. The molecule has 2 aromatic heterocycles. The molecule has 0 saturated carbocycles. The van der Waals surface area contributed by atoms with Gasteiger partial charge < -0.3 is 35.1 Å². The summed E-state index contributed by atoms with van der Waals surface area (Å²) >= 11 is 0. The molecule has 0 spiro atoms. The van der Waals surface area contributed by atoms with Gasteiger partial charge in [0.05, 0.1) is 43.8 Å². The zero-order chi connectivity index (χ0) is 39.7. The van der Waals surface area contributed by atoms with Crippen molar-refractivity contribution < 1.29 is 47.3 Å². The molecule has 1 aromatic carbocycles. The molecule has 1 unspecified atom stereocenters. The van der Waals surface area contributed by atoms with Crippen LogP contribution in [0.3, 0.4) is 0 Å². The largest absolute Gasteiger partial charge is 0.472 e. The number of nitrogen functional groups attached to an aromatic ring is 1. The average molecular weight is 789 g/mol. The first-order valence-corrected chi connectivity index (χ1v) is 20.6. The van der Waals surface area contributed by atoms with Crippen LogP contribution < -0.4 is 5.73 Å². The van der Waals surface area contributed by atoms with E-state index < -0.39 is 56.9 Å². The van der Waals surface area contributed by atoms with Crippen molar-refractivity contribution in [2.75, 3.05) is 32.2 Å². The second-order valence-corrected chi connectivity index (χ2v) is 15.3. The normalized spacial score (nSPS) is 21.3. The van der Waals surface area contributed by atoms with Gasteiger partial charge >= 0.3 is 7.82 Å². The number of hydrogen-bond acceptors (Lipinski definition) is 13. The molecule has 55 heavy (non-hydrogen) atoms. The fraction of sp³-hybridized carbons (Fsp3) is 0.632. The van der Waals surface area contributed by atoms with E-state index in [9.17, 15) is 34.6 Å². The lowest BCUT2D eigenvalue weighted by molar-refractivity contribution is -0.0690. The third kappa shape index (κ3) is 13.0. The number of phosphoric ester groups is 1. The first-order chi connectivity index (χ1) is 26.5. The standard InChI is InChI=1S/C38H54FN6O9P/c1-2-3-4-5-6-7-8-9-10-11-12-13-14-17-50-23-31(51-22-29-18-28(21-40)19-30(39)20-29)24-52-55(48,49)53-25-33-35(46)36(47)38(26-41,54-33)34-16-15-32-37(42)43-27-44-45(32)34/h15-16,18-20,27,31,33,35-36,46-47H,2-14,17,22-25H2,1H3,(H,48,49)(H2,42,43,44)/t31-,33-,35-,36-,38+/m1/s1. The van der Waals surface area contributed by atoms with E-state index in [0.29, 0.717) is 17.7 Å². The Morgan fingerprint density at radius 3 is 2.33 bits per heavy atom. The Balaban J connectivity index is 1.25. The van der Waals surface area contributed by atoms with Gasteiger partial charge in [0.1, 0.15) is 48.1 Å². The summed E-state index contributed by atoms with van der Waals surface area (Å²) in [6.45, 7) is 1.30. The van der Waals surface area contributed by atoms with Gasteiger partial charge in [-0.2, -0.15) is 15.6 Å². The van der Waals surface area contributed by atoms with Crippen LogP contribution in [0.2, 0.25) is 0 Å². The molecule has 0 aliphatic carbocycles. The quantitative estimate of drug-likeness (QED) is 0.0542. The maximum absolute atomic E-state index is 14.0. The highest BCUT2D eigenvalue weighted by Gasteiger charge is 2.58. The average Bonchev–Trinajstić information content (AvgIpc) is 3.72. The van der Waals surface area contributed by atoms with Crippen LogP contribution in [0.1, 0.15) is 107 Å². The lowest BCUT2D eigenvalue weighted by atomic mass is 9.92. The molecule has 1 aliphatic heterocycles. The molecule has 1 fully saturated rings. The van der Waals surface area contributed by atoms with Crippen molar-refractivity contribution in [2.45, 2.75) is 127 Å². The Morgan fingerprint density at radius 2 is 1.67 bits per heavy atom. The molecule has 0 bridgehead atoms. The van der Waals surface area contributed by atoms with Crippen molar-refractivity contribution >= 4 is 19.2 Å². The summed E-state index contributed by atoms with van der Waals surface area (Å²) in [6.07, 6.45) is 11.1. The smallest absolute Gasteiger partial charge is 0.387 e. The maximum Gasteiger partial charge on any atom is 0.472 e. The second kappa shape index (κ2) is 22.3. The molecule has 17 heteroatoms. The minimum absolute atomic E-state index is 0.0145. The van der Waals surface area contributed by atoms with Gasteiger partial charge in [-0.15, -0.1) is 0 Å². The monoisotopic (exact) mass is 788 g/mol. The van der Waals surface area contributed by atoms with E-state index >= 15 is 0 Å². The van der Waals surface area contributed by atoms with Gasteiger partial charge in [-0.25, -0.2) is 18.5 Å². The number of nitrogens with zero attached hydrogens (tertiary/aromatic N) is 5. The number of anilines is 1. The molecule has 0 radical (unpaired) electrons. The van der Waals surface area contributed by atoms with E-state index in [-0.39, 0.29) is 30.3 Å². The fourth-order valence-corrected chi connectivity index (χ4v) is 7.29. The SMILES string of the molecule is CCCCCCCCCCCCCCCOC[C@H](COP(=O)(O)OC[C@H]1O[C@@](C#N)(c2ccc3c(N)ncnn23)[C@H](O)[C@@H]1O)OCc1cc(F)cc(C#N)c1. The molecule has 3 heterocycles. The first kappa shape index (κ1) is 44.2. The number of aromatic nitrogens is 3. The molecular formula is C38H54FN6O9P. The Bertz CT molecular complexity index is 1770. The van der Waals surface area contributed by atoms with Gasteiger partial charge in [-0.1, -0.05) is 84.0 Å². The van der Waals surface area contributed by atoms with Crippen LogP contribution >= 0.6 is 7.82 Å². The van der Waals surface area contributed by atoms with Gasteiger partial charge in [0.15, 0.2) is 5.82 Å². The van der Waals surface area contributed by atoms with Crippen LogP contribution in [0.25, 0.3) is 5.52 Å². The number of fused-ring (bicyclic) bond motifs is 1. The topological polar surface area (TPSA) is 228 Å². The highest BCUT2D eigenvalue weighted by atomic mass is 31.2. The molecule has 5 N–H and O–H groups in total. The number of nitriles is 2. The number of rotatable bonds is 26. The predicted octanol–water partition coefficient (Wildman–Crippen LogP) is 5.99. The minimum Gasteiger partial charge on any atom is -0.387 e. The van der Waals surface area contributed by atoms with Gasteiger partial charge in [-0.3, -0.25) is 9.05 Å². The van der Waals surface area contributed by atoms with Crippen LogP contribution in [0, 0.1) is 28.5 Å². The Labute approximate surface area is 321 Å². The summed E-state index contributed by atoms with van der Waals surface area (Å²) in [5, 5.41) is 45.1. The lowest BCUT2D eigenvalue weighted by Crippen LogP contribution is -2.41. The maximum atomic E-state index is 14.0. The van der Waals surface area contributed by atoms with E-state index in [4.69, 9.17) is 29.0 Å². The van der Waals surface area contributed by atoms with Crippen molar-refractivity contribution in [1.29, 1.82) is 10.5 Å². The van der Waals surface area contributed by atoms with Crippen LogP contribution in [0.15, 0.2) is 36.7 Å². The summed E-state index contributed by atoms with van der Waals surface area (Å²) in [6, 6.07) is 10.5. The minimum atomic E-state index is -4.83. The van der Waals surface area contributed by atoms with E-state index in [1.165, 1.54) is 93.0 Å². The number of benzene rings is 1. The third-order valence-electron chi connectivity index (χ3n) is 9.58. The zero-order valence-electron chi connectivity index (χ0n) is 31.4. The van der Waals surface area contributed by atoms with Crippen molar-refractivity contribution in [2.24, 2.45) is 0 Å². The zero-order valence-corrected chi connectivity index (χ0v) is 32.3. The third-order valence-corrected chi connectivity index (χ3v) is 10.5. The highest BCUT2D eigenvalue weighted by molar-refractivity contribution is 7.47. The number of aliphatic hydroxyl groups is 2. The van der Waals surface area contributed by atoms with Crippen molar-refractivity contribution in [3.8, 4) is 12.1 Å². The van der Waals surface area contributed by atoms with E-state index in [1.807, 2.05) is 12.1 Å². The van der Waals surface area contributed by atoms with E-state index in [1.54, 1.807) is 0 Å². The summed E-state index contributed by atoms with van der Waals surface area (Å²) in [7, 11) is -4.83. The molecule has 0 amide bonds. The molecule has 6 atom stereocenters. The second-order valence-electron chi connectivity index (χ2n) is 13.9. The lowest BCUT2D eigenvalue weighted by Gasteiger charge is -2.24. The van der Waals surface area contributed by atoms with Crippen LogP contribution in [-0.2, 0) is 40.0 Å². The number of halogens is 1. The van der Waals surface area contributed by atoms with Gasteiger partial charge in [0, 0.05) is 6.61 Å². The van der Waals surface area contributed by atoms with Crippen LogP contribution in [0.4, 0.5) is 10.2 Å². The number of ether oxygens (including phenoxy) is 3. The highest BCUT2D eigenvalue weighted by Crippen LogP contribution is 2.46. The Hall–Kier alpha value is -3.54. The summed E-state index contributed by atoms with van der Waals surface area (Å²) < 4.78 is 56.1. The molecule has 4 rings (SSSR count). The summed E-state index contributed by atoms with van der Waals surface area (Å²) in [4.78, 5) is 14.4. The number of aliphatic hydroxyl groups excluding tert-OH is 2. The van der Waals surface area contributed by atoms with Gasteiger partial charge in [0.25, 0.3) is 0 Å².